The van der Waals surface area contributed by atoms with Crippen molar-refractivity contribution in [3.05, 3.63) is 41.6 Å². The van der Waals surface area contributed by atoms with E-state index in [9.17, 15) is 9.59 Å². The van der Waals surface area contributed by atoms with Gasteiger partial charge in [-0.25, -0.2) is 4.79 Å². The molecule has 24 heavy (non-hydrogen) atoms. The Balaban J connectivity index is 2.32. The molecule has 0 bridgehead atoms. The number of esters is 1. The van der Waals surface area contributed by atoms with Crippen LogP contribution in [0.3, 0.4) is 0 Å². The van der Waals surface area contributed by atoms with Gasteiger partial charge in [0.25, 0.3) is 5.91 Å². The van der Waals surface area contributed by atoms with E-state index in [0.29, 0.717) is 11.3 Å². The number of hydrogen-bond acceptors (Lipinski definition) is 4. The van der Waals surface area contributed by atoms with Crippen LogP contribution >= 0.6 is 0 Å². The Bertz CT molecular complexity index is 790. The van der Waals surface area contributed by atoms with E-state index in [-0.39, 0.29) is 12.5 Å². The number of carbonyl (C=O) groups excluding carboxylic acids is 2. The topological polar surface area (TPSA) is 69.6 Å². The van der Waals surface area contributed by atoms with Crippen molar-refractivity contribution in [1.82, 2.24) is 9.88 Å². The highest BCUT2D eigenvalue weighted by Crippen LogP contribution is 2.29. The fourth-order valence-electron chi connectivity index (χ4n) is 2.75. The van der Waals surface area contributed by atoms with E-state index >= 15 is 0 Å². The van der Waals surface area contributed by atoms with E-state index < -0.39 is 5.97 Å². The van der Waals surface area contributed by atoms with Gasteiger partial charge in [-0.3, -0.25) is 4.79 Å². The van der Waals surface area contributed by atoms with Crippen molar-refractivity contribution in [2.75, 3.05) is 20.8 Å². The summed E-state index contributed by atoms with van der Waals surface area (Å²) in [7, 11) is 2.91. The zero-order valence-electron chi connectivity index (χ0n) is 14.4. The first-order valence-corrected chi connectivity index (χ1v) is 7.73. The highest BCUT2D eigenvalue weighted by molar-refractivity contribution is 6.08. The Labute approximate surface area is 141 Å². The number of hydrogen-bond donors (Lipinski definition) is 1. The molecule has 6 nitrogen and oxygen atoms in total. The van der Waals surface area contributed by atoms with Gasteiger partial charge in [-0.05, 0) is 32.0 Å². The molecule has 2 rings (SSSR count). The number of benzene rings is 1. The van der Waals surface area contributed by atoms with E-state index in [0.717, 1.165) is 23.1 Å². The quantitative estimate of drug-likeness (QED) is 0.652. The number of rotatable bonds is 6. The zero-order chi connectivity index (χ0) is 17.7. The van der Waals surface area contributed by atoms with Gasteiger partial charge in [-0.1, -0.05) is 6.08 Å². The normalized spacial score (nSPS) is 11.0. The van der Waals surface area contributed by atoms with Crippen LogP contribution in [0.4, 0.5) is 0 Å². The minimum Gasteiger partial charge on any atom is -0.497 e. The van der Waals surface area contributed by atoms with Gasteiger partial charge in [0.15, 0.2) is 0 Å². The molecule has 2 aromatic rings. The minimum atomic E-state index is -0.451. The summed E-state index contributed by atoms with van der Waals surface area (Å²) < 4.78 is 11.9. The Morgan fingerprint density at radius 2 is 2.04 bits per heavy atom. The van der Waals surface area contributed by atoms with Crippen molar-refractivity contribution in [2.45, 2.75) is 20.4 Å². The monoisotopic (exact) mass is 330 g/mol. The lowest BCUT2D eigenvalue weighted by molar-refractivity contribution is -0.134. The number of carbonyl (C=O) groups is 2. The summed E-state index contributed by atoms with van der Waals surface area (Å²) in [6.07, 6.45) is 2.84. The van der Waals surface area contributed by atoms with Gasteiger partial charge in [0.05, 0.1) is 19.8 Å². The van der Waals surface area contributed by atoms with Gasteiger partial charge in [0.1, 0.15) is 5.75 Å². The van der Waals surface area contributed by atoms with E-state index in [1.54, 1.807) is 13.2 Å². The Kier molecular flexibility index (Phi) is 5.63. The summed E-state index contributed by atoms with van der Waals surface area (Å²) in [5, 5.41) is 3.65. The van der Waals surface area contributed by atoms with Gasteiger partial charge in [0, 0.05) is 35.8 Å². The third-order valence-electron chi connectivity index (χ3n) is 3.91. The van der Waals surface area contributed by atoms with Crippen LogP contribution in [0.15, 0.2) is 30.4 Å². The fraction of sp³-hybridized carbons (Fsp3) is 0.333. The molecule has 0 atom stereocenters. The maximum Gasteiger partial charge on any atom is 0.330 e. The second-order valence-corrected chi connectivity index (χ2v) is 5.22. The first-order valence-electron chi connectivity index (χ1n) is 7.73. The van der Waals surface area contributed by atoms with Crippen LogP contribution < -0.4 is 10.1 Å². The molecule has 0 fully saturated rings. The molecule has 0 saturated heterocycles. The first kappa shape index (κ1) is 17.6. The number of aryl methyl sites for hydroxylation is 1. The lowest BCUT2D eigenvalue weighted by Crippen LogP contribution is -2.24. The lowest BCUT2D eigenvalue weighted by atomic mass is 10.1. The van der Waals surface area contributed by atoms with Crippen molar-refractivity contribution in [3.63, 3.8) is 0 Å². The molecule has 1 aromatic heterocycles. The molecule has 0 aliphatic rings. The Morgan fingerprint density at radius 1 is 1.29 bits per heavy atom. The van der Waals surface area contributed by atoms with Gasteiger partial charge >= 0.3 is 5.97 Å². The number of ether oxygens (including phenoxy) is 2. The van der Waals surface area contributed by atoms with Crippen molar-refractivity contribution in [1.29, 1.82) is 0 Å². The fourth-order valence-corrected chi connectivity index (χ4v) is 2.75. The van der Waals surface area contributed by atoms with Crippen molar-refractivity contribution in [2.24, 2.45) is 0 Å². The van der Waals surface area contributed by atoms with Gasteiger partial charge in [-0.2, -0.15) is 0 Å². The van der Waals surface area contributed by atoms with Gasteiger partial charge in [-0.15, -0.1) is 0 Å². The molecule has 1 heterocycles. The van der Waals surface area contributed by atoms with E-state index in [2.05, 4.69) is 14.6 Å². The standard InChI is InChI=1S/C18H22N2O4/c1-5-20-12(2)17(14-11-13(23-3)8-9-15(14)20)18(22)19-10-6-7-16(21)24-4/h6-9,11H,5,10H2,1-4H3,(H,19,22)/b7-6+. The molecule has 1 aromatic carbocycles. The van der Waals surface area contributed by atoms with E-state index in [4.69, 9.17) is 4.74 Å². The van der Waals surface area contributed by atoms with Crippen LogP contribution in [0.2, 0.25) is 0 Å². The van der Waals surface area contributed by atoms with Crippen LogP contribution in [0.5, 0.6) is 5.75 Å². The van der Waals surface area contributed by atoms with E-state index in [1.807, 2.05) is 32.0 Å². The molecule has 128 valence electrons. The summed E-state index contributed by atoms with van der Waals surface area (Å²) in [6.45, 7) is 4.98. The average molecular weight is 330 g/mol. The predicted octanol–water partition coefficient (Wildman–Crippen LogP) is 2.44. The third-order valence-corrected chi connectivity index (χ3v) is 3.91. The maximum atomic E-state index is 12.6. The lowest BCUT2D eigenvalue weighted by Gasteiger charge is -2.05. The molecule has 1 amide bonds. The molecule has 0 unspecified atom stereocenters. The summed E-state index contributed by atoms with van der Waals surface area (Å²) >= 11 is 0. The van der Waals surface area contributed by atoms with Gasteiger partial charge < -0.3 is 19.4 Å². The summed E-state index contributed by atoms with van der Waals surface area (Å²) in [4.78, 5) is 23.6. The Hall–Kier alpha value is -2.76. The average Bonchev–Trinajstić information content (AvgIpc) is 2.88. The number of amides is 1. The van der Waals surface area contributed by atoms with Crippen molar-refractivity contribution >= 4 is 22.8 Å². The number of fused-ring (bicyclic) bond motifs is 1. The Morgan fingerprint density at radius 3 is 2.67 bits per heavy atom. The second-order valence-electron chi connectivity index (χ2n) is 5.22. The summed E-state index contributed by atoms with van der Waals surface area (Å²) in [5.74, 6) is 0.0654. The molecule has 0 aliphatic heterocycles. The number of aromatic nitrogens is 1. The number of nitrogens with zero attached hydrogens (tertiary/aromatic N) is 1. The van der Waals surface area contributed by atoms with E-state index in [1.165, 1.54) is 13.2 Å². The summed E-state index contributed by atoms with van der Waals surface area (Å²) in [5.41, 5.74) is 2.51. The molecule has 0 spiro atoms. The maximum absolute atomic E-state index is 12.6. The van der Waals surface area contributed by atoms with Gasteiger partial charge in [0.2, 0.25) is 0 Å². The first-order chi connectivity index (χ1) is 11.5. The second kappa shape index (κ2) is 7.68. The van der Waals surface area contributed by atoms with Crippen molar-refractivity contribution < 1.29 is 19.1 Å². The van der Waals surface area contributed by atoms with Crippen LogP contribution in [0.1, 0.15) is 23.0 Å². The van der Waals surface area contributed by atoms with Crippen molar-refractivity contribution in [3.8, 4) is 5.75 Å². The molecule has 0 saturated carbocycles. The third kappa shape index (κ3) is 3.42. The SMILES string of the molecule is CCn1c(C)c(C(=O)NC/C=C/C(=O)OC)c2cc(OC)ccc21. The molecule has 1 N–H and O–H groups in total. The van der Waals surface area contributed by atoms with Crippen LogP contribution in [-0.4, -0.2) is 37.2 Å². The highest BCUT2D eigenvalue weighted by atomic mass is 16.5. The molecular formula is C18H22N2O4. The smallest absolute Gasteiger partial charge is 0.330 e. The van der Waals surface area contributed by atoms with Crippen LogP contribution in [0.25, 0.3) is 10.9 Å². The molecular weight excluding hydrogens is 308 g/mol. The zero-order valence-corrected chi connectivity index (χ0v) is 14.4. The number of nitrogens with one attached hydrogen (secondary N) is 1. The van der Waals surface area contributed by atoms with Crippen LogP contribution in [0, 0.1) is 6.92 Å². The number of methoxy groups -OCH3 is 2. The molecule has 6 heteroatoms. The highest BCUT2D eigenvalue weighted by Gasteiger charge is 2.19. The van der Waals surface area contributed by atoms with Crippen LogP contribution in [-0.2, 0) is 16.1 Å². The molecule has 0 radical (unpaired) electrons. The largest absolute Gasteiger partial charge is 0.497 e. The summed E-state index contributed by atoms with van der Waals surface area (Å²) in [6, 6.07) is 5.71. The molecule has 0 aliphatic carbocycles. The predicted molar refractivity (Wildman–Crippen MR) is 92.4 cm³/mol. The minimum absolute atomic E-state index is 0.188.